The van der Waals surface area contributed by atoms with E-state index in [2.05, 4.69) is 5.10 Å². The molecule has 1 aromatic rings. The normalized spacial score (nSPS) is 21.9. The molecule has 1 saturated carbocycles. The van der Waals surface area contributed by atoms with Gasteiger partial charge in [0, 0.05) is 12.1 Å². The Kier molecular flexibility index (Phi) is 5.38. The lowest BCUT2D eigenvalue weighted by molar-refractivity contribution is -0.136. The SMILES string of the molecule is Cc1nn(CC(=O)N(C2CCCC2)[C@H]2CCS(=O)(=O)C2)c(=O)c(C#N)c1C. The Morgan fingerprint density at radius 1 is 1.26 bits per heavy atom. The van der Waals surface area contributed by atoms with Crippen molar-refractivity contribution in [2.75, 3.05) is 11.5 Å². The van der Waals surface area contributed by atoms with Gasteiger partial charge in [-0.25, -0.2) is 13.1 Å². The highest BCUT2D eigenvalue weighted by Crippen LogP contribution is 2.29. The zero-order chi connectivity index (χ0) is 19.8. The number of carbonyl (C=O) groups is 1. The summed E-state index contributed by atoms with van der Waals surface area (Å²) in [5, 5.41) is 13.4. The van der Waals surface area contributed by atoms with E-state index in [9.17, 15) is 23.3 Å². The smallest absolute Gasteiger partial charge is 0.285 e. The highest BCUT2D eigenvalue weighted by molar-refractivity contribution is 7.91. The Balaban J connectivity index is 1.91. The molecule has 0 radical (unpaired) electrons. The molecule has 2 fully saturated rings. The van der Waals surface area contributed by atoms with Crippen LogP contribution in [0.5, 0.6) is 0 Å². The first-order chi connectivity index (χ1) is 12.7. The number of hydrogen-bond acceptors (Lipinski definition) is 6. The van der Waals surface area contributed by atoms with E-state index in [-0.39, 0.29) is 41.6 Å². The number of amides is 1. The molecule has 0 unspecified atom stereocenters. The van der Waals surface area contributed by atoms with Gasteiger partial charge in [-0.2, -0.15) is 10.4 Å². The highest BCUT2D eigenvalue weighted by Gasteiger charge is 2.39. The fraction of sp³-hybridized carbons (Fsp3) is 0.667. The molecule has 1 atom stereocenters. The van der Waals surface area contributed by atoms with E-state index in [4.69, 9.17) is 0 Å². The predicted molar refractivity (Wildman–Crippen MR) is 98.8 cm³/mol. The molecule has 0 aromatic carbocycles. The van der Waals surface area contributed by atoms with Crippen LogP contribution in [0.1, 0.15) is 48.9 Å². The van der Waals surface area contributed by atoms with Gasteiger partial charge in [-0.05, 0) is 38.7 Å². The van der Waals surface area contributed by atoms with Crippen LogP contribution in [0.2, 0.25) is 0 Å². The van der Waals surface area contributed by atoms with Crippen LogP contribution in [0, 0.1) is 25.2 Å². The maximum Gasteiger partial charge on any atom is 0.285 e. The minimum Gasteiger partial charge on any atom is -0.334 e. The molecule has 1 saturated heterocycles. The Labute approximate surface area is 158 Å². The number of hydrogen-bond donors (Lipinski definition) is 0. The van der Waals surface area contributed by atoms with Crippen molar-refractivity contribution in [1.82, 2.24) is 14.7 Å². The van der Waals surface area contributed by atoms with Crippen molar-refractivity contribution in [1.29, 1.82) is 5.26 Å². The minimum absolute atomic E-state index is 0.00786. The first kappa shape index (κ1) is 19.5. The summed E-state index contributed by atoms with van der Waals surface area (Å²) in [7, 11) is -3.13. The van der Waals surface area contributed by atoms with Crippen molar-refractivity contribution in [2.24, 2.45) is 0 Å². The van der Waals surface area contributed by atoms with E-state index in [1.54, 1.807) is 18.7 Å². The zero-order valence-electron chi connectivity index (χ0n) is 15.6. The second-order valence-electron chi connectivity index (χ2n) is 7.46. The molecule has 2 heterocycles. The molecular formula is C18H24N4O4S. The lowest BCUT2D eigenvalue weighted by Gasteiger charge is -2.34. The van der Waals surface area contributed by atoms with Crippen LogP contribution in [0.15, 0.2) is 4.79 Å². The van der Waals surface area contributed by atoms with Crippen LogP contribution in [0.25, 0.3) is 0 Å². The summed E-state index contributed by atoms with van der Waals surface area (Å²) in [6, 6.07) is 1.55. The molecule has 1 aliphatic heterocycles. The molecule has 9 heteroatoms. The maximum absolute atomic E-state index is 13.1. The van der Waals surface area contributed by atoms with Crippen LogP contribution in [0.4, 0.5) is 0 Å². The second-order valence-corrected chi connectivity index (χ2v) is 9.68. The number of aromatic nitrogens is 2. The summed E-state index contributed by atoms with van der Waals surface area (Å²) < 4.78 is 24.9. The van der Waals surface area contributed by atoms with Crippen LogP contribution in [-0.2, 0) is 21.2 Å². The molecule has 8 nitrogen and oxygen atoms in total. The Morgan fingerprint density at radius 3 is 2.48 bits per heavy atom. The fourth-order valence-electron chi connectivity index (χ4n) is 4.10. The van der Waals surface area contributed by atoms with E-state index in [0.29, 0.717) is 17.7 Å². The van der Waals surface area contributed by atoms with Gasteiger partial charge in [-0.3, -0.25) is 9.59 Å². The molecule has 0 spiro atoms. The van der Waals surface area contributed by atoms with E-state index < -0.39 is 15.4 Å². The lowest BCUT2D eigenvalue weighted by Crippen LogP contribution is -2.49. The van der Waals surface area contributed by atoms with E-state index >= 15 is 0 Å². The lowest BCUT2D eigenvalue weighted by atomic mass is 10.1. The van der Waals surface area contributed by atoms with Gasteiger partial charge >= 0.3 is 0 Å². The van der Waals surface area contributed by atoms with Gasteiger partial charge in [0.1, 0.15) is 18.2 Å². The Bertz CT molecular complexity index is 955. The Hall–Kier alpha value is -2.21. The number of nitriles is 1. The van der Waals surface area contributed by atoms with Crippen molar-refractivity contribution >= 4 is 15.7 Å². The molecule has 2 aliphatic rings. The number of nitrogens with zero attached hydrogens (tertiary/aromatic N) is 4. The largest absolute Gasteiger partial charge is 0.334 e. The maximum atomic E-state index is 13.1. The van der Waals surface area contributed by atoms with Crippen LogP contribution in [-0.4, -0.2) is 52.6 Å². The van der Waals surface area contributed by atoms with E-state index in [1.807, 2.05) is 6.07 Å². The number of rotatable bonds is 4. The third kappa shape index (κ3) is 3.90. The molecule has 27 heavy (non-hydrogen) atoms. The minimum atomic E-state index is -3.13. The number of sulfone groups is 1. The van der Waals surface area contributed by atoms with Crippen molar-refractivity contribution in [2.45, 2.75) is 64.6 Å². The van der Waals surface area contributed by atoms with Crippen LogP contribution in [0.3, 0.4) is 0 Å². The van der Waals surface area contributed by atoms with Gasteiger partial charge in [0.25, 0.3) is 5.56 Å². The second kappa shape index (κ2) is 7.43. The first-order valence-corrected chi connectivity index (χ1v) is 11.1. The summed E-state index contributed by atoms with van der Waals surface area (Å²) in [6.07, 6.45) is 4.15. The topological polar surface area (TPSA) is 113 Å². The van der Waals surface area contributed by atoms with Crippen LogP contribution < -0.4 is 5.56 Å². The molecule has 1 aromatic heterocycles. The van der Waals surface area contributed by atoms with Crippen molar-refractivity contribution in [3.05, 3.63) is 27.2 Å². The van der Waals surface area contributed by atoms with Crippen LogP contribution >= 0.6 is 0 Å². The Morgan fingerprint density at radius 2 is 1.93 bits per heavy atom. The average Bonchev–Trinajstić information content (AvgIpc) is 3.23. The third-order valence-corrected chi connectivity index (χ3v) is 7.39. The van der Waals surface area contributed by atoms with Gasteiger partial charge in [-0.1, -0.05) is 12.8 Å². The van der Waals surface area contributed by atoms with Gasteiger partial charge in [0.05, 0.1) is 17.2 Å². The summed E-state index contributed by atoms with van der Waals surface area (Å²) in [4.78, 5) is 27.3. The first-order valence-electron chi connectivity index (χ1n) is 9.23. The third-order valence-electron chi connectivity index (χ3n) is 5.64. The zero-order valence-corrected chi connectivity index (χ0v) is 16.5. The fourth-order valence-corrected chi connectivity index (χ4v) is 5.81. The summed E-state index contributed by atoms with van der Waals surface area (Å²) in [5.41, 5.74) is 0.445. The summed E-state index contributed by atoms with van der Waals surface area (Å²) >= 11 is 0. The summed E-state index contributed by atoms with van der Waals surface area (Å²) in [6.45, 7) is 3.07. The average molecular weight is 392 g/mol. The van der Waals surface area contributed by atoms with E-state index in [1.165, 1.54) is 0 Å². The van der Waals surface area contributed by atoms with Gasteiger partial charge in [0.15, 0.2) is 9.84 Å². The van der Waals surface area contributed by atoms with Gasteiger partial charge < -0.3 is 4.90 Å². The highest BCUT2D eigenvalue weighted by atomic mass is 32.2. The van der Waals surface area contributed by atoms with Crippen molar-refractivity contribution in [3.8, 4) is 6.07 Å². The van der Waals surface area contributed by atoms with Gasteiger partial charge in [-0.15, -0.1) is 0 Å². The molecule has 1 amide bonds. The quantitative estimate of drug-likeness (QED) is 0.745. The molecule has 146 valence electrons. The molecule has 0 bridgehead atoms. The van der Waals surface area contributed by atoms with Crippen molar-refractivity contribution in [3.63, 3.8) is 0 Å². The molecule has 3 rings (SSSR count). The predicted octanol–water partition coefficient (Wildman–Crippen LogP) is 0.690. The molecule has 0 N–H and O–H groups in total. The standard InChI is InChI=1S/C18H24N4O4S/c1-12-13(2)20-21(18(24)16(12)9-19)10-17(23)22(14-5-3-4-6-14)15-7-8-27(25,26)11-15/h14-15H,3-8,10-11H2,1-2H3/t15-/m0/s1. The monoisotopic (exact) mass is 392 g/mol. The van der Waals surface area contributed by atoms with E-state index in [0.717, 1.165) is 30.4 Å². The van der Waals surface area contributed by atoms with Gasteiger partial charge in [0.2, 0.25) is 5.91 Å². The number of carbonyl (C=O) groups excluding carboxylic acids is 1. The molecule has 1 aliphatic carbocycles. The van der Waals surface area contributed by atoms with Crippen molar-refractivity contribution < 1.29 is 13.2 Å². The number of aryl methyl sites for hydroxylation is 1. The molecular weight excluding hydrogens is 368 g/mol. The summed E-state index contributed by atoms with van der Waals surface area (Å²) in [5.74, 6) is -0.228.